The van der Waals surface area contributed by atoms with Crippen LogP contribution in [-0.2, 0) is 13.6 Å². The molecule has 0 fully saturated rings. The Morgan fingerprint density at radius 3 is 2.72 bits per heavy atom. The highest BCUT2D eigenvalue weighted by Crippen LogP contribution is 2.34. The van der Waals surface area contributed by atoms with Gasteiger partial charge in [0.25, 0.3) is 0 Å². The zero-order valence-corrected chi connectivity index (χ0v) is 15.5. The van der Waals surface area contributed by atoms with Crippen LogP contribution in [0.25, 0.3) is 11.4 Å². The highest BCUT2D eigenvalue weighted by Gasteiger charge is 2.15. The summed E-state index contributed by atoms with van der Waals surface area (Å²) in [5, 5.41) is 9.63. The number of ether oxygens (including phenoxy) is 2. The minimum Gasteiger partial charge on any atom is -0.454 e. The summed E-state index contributed by atoms with van der Waals surface area (Å²) in [6, 6.07) is 10.4. The summed E-state index contributed by atoms with van der Waals surface area (Å²) in [7, 11) is 1.59. The standard InChI is InChI=1S/C19H18FN5O4/c1-24-17(12-2-4-13(20)5-3-12)23-25(19(24)27)9-8-21-18(26)22-14-6-7-15-16(10-14)29-11-28-15/h2-7,10H,8-9,11H2,1H3,(H2,21,22,26). The summed E-state index contributed by atoms with van der Waals surface area (Å²) in [5.74, 6) is 1.24. The number of nitrogens with zero attached hydrogens (tertiary/aromatic N) is 3. The van der Waals surface area contributed by atoms with Gasteiger partial charge in [-0.1, -0.05) is 0 Å². The smallest absolute Gasteiger partial charge is 0.345 e. The second kappa shape index (κ2) is 7.66. The molecule has 0 atom stereocenters. The van der Waals surface area contributed by atoms with Crippen molar-refractivity contribution in [2.24, 2.45) is 7.05 Å². The lowest BCUT2D eigenvalue weighted by Crippen LogP contribution is -2.34. The Morgan fingerprint density at radius 1 is 1.17 bits per heavy atom. The van der Waals surface area contributed by atoms with Crippen LogP contribution in [0.4, 0.5) is 14.9 Å². The minimum absolute atomic E-state index is 0.156. The Morgan fingerprint density at radius 2 is 1.93 bits per heavy atom. The van der Waals surface area contributed by atoms with E-state index in [1.54, 1.807) is 37.4 Å². The average molecular weight is 399 g/mol. The van der Waals surface area contributed by atoms with E-state index < -0.39 is 6.03 Å². The molecule has 10 heteroatoms. The fraction of sp³-hybridized carbons (Fsp3) is 0.211. The lowest BCUT2D eigenvalue weighted by molar-refractivity contribution is 0.174. The van der Waals surface area contributed by atoms with E-state index in [1.165, 1.54) is 21.4 Å². The van der Waals surface area contributed by atoms with E-state index >= 15 is 0 Å². The van der Waals surface area contributed by atoms with Crippen LogP contribution in [0.1, 0.15) is 0 Å². The maximum Gasteiger partial charge on any atom is 0.345 e. The molecule has 0 spiro atoms. The average Bonchev–Trinajstić information content (AvgIpc) is 3.28. The molecular weight excluding hydrogens is 381 g/mol. The van der Waals surface area contributed by atoms with Crippen molar-refractivity contribution in [3.8, 4) is 22.9 Å². The Hall–Kier alpha value is -3.82. The summed E-state index contributed by atoms with van der Waals surface area (Å²) >= 11 is 0. The Kier molecular flexibility index (Phi) is 4.90. The number of hydrogen-bond donors (Lipinski definition) is 2. The van der Waals surface area contributed by atoms with Gasteiger partial charge in [0.1, 0.15) is 5.82 Å². The molecule has 3 aromatic rings. The van der Waals surface area contributed by atoms with Crippen LogP contribution < -0.4 is 25.8 Å². The Bertz CT molecular complexity index is 1110. The van der Waals surface area contributed by atoms with Crippen molar-refractivity contribution in [1.29, 1.82) is 0 Å². The molecule has 0 unspecified atom stereocenters. The molecule has 2 heterocycles. The molecular formula is C19H18FN5O4. The van der Waals surface area contributed by atoms with Gasteiger partial charge < -0.3 is 20.1 Å². The van der Waals surface area contributed by atoms with Crippen molar-refractivity contribution in [2.45, 2.75) is 6.54 Å². The van der Waals surface area contributed by atoms with Gasteiger partial charge in [0.15, 0.2) is 17.3 Å². The van der Waals surface area contributed by atoms with Gasteiger partial charge in [0.2, 0.25) is 6.79 Å². The van der Waals surface area contributed by atoms with Crippen molar-refractivity contribution in [1.82, 2.24) is 19.7 Å². The van der Waals surface area contributed by atoms with Crippen molar-refractivity contribution in [3.05, 3.63) is 58.8 Å². The molecule has 1 aromatic heterocycles. The maximum absolute atomic E-state index is 13.1. The van der Waals surface area contributed by atoms with Crippen LogP contribution in [0.15, 0.2) is 47.3 Å². The molecule has 2 aromatic carbocycles. The number of hydrogen-bond acceptors (Lipinski definition) is 5. The van der Waals surface area contributed by atoms with E-state index in [-0.39, 0.29) is 31.4 Å². The van der Waals surface area contributed by atoms with Gasteiger partial charge in [-0.15, -0.1) is 5.10 Å². The predicted octanol–water partition coefficient (Wildman–Crippen LogP) is 1.94. The zero-order valence-electron chi connectivity index (χ0n) is 15.5. The molecule has 0 radical (unpaired) electrons. The lowest BCUT2D eigenvalue weighted by atomic mass is 10.2. The predicted molar refractivity (Wildman–Crippen MR) is 102 cm³/mol. The molecule has 1 aliphatic heterocycles. The fourth-order valence-electron chi connectivity index (χ4n) is 2.91. The van der Waals surface area contributed by atoms with Gasteiger partial charge >= 0.3 is 11.7 Å². The molecule has 9 nitrogen and oxygen atoms in total. The number of carbonyl (C=O) groups is 1. The van der Waals surface area contributed by atoms with Gasteiger partial charge in [-0.2, -0.15) is 0 Å². The van der Waals surface area contributed by atoms with Crippen LogP contribution in [-0.4, -0.2) is 33.7 Å². The summed E-state index contributed by atoms with van der Waals surface area (Å²) in [6.45, 7) is 0.530. The van der Waals surface area contributed by atoms with E-state index in [9.17, 15) is 14.0 Å². The van der Waals surface area contributed by atoms with Gasteiger partial charge in [-0.05, 0) is 36.4 Å². The van der Waals surface area contributed by atoms with E-state index in [1.807, 2.05) is 0 Å². The van der Waals surface area contributed by atoms with Gasteiger partial charge in [-0.25, -0.2) is 18.7 Å². The second-order valence-corrected chi connectivity index (χ2v) is 6.34. The second-order valence-electron chi connectivity index (χ2n) is 6.34. The molecule has 4 rings (SSSR count). The molecule has 29 heavy (non-hydrogen) atoms. The summed E-state index contributed by atoms with van der Waals surface area (Å²) in [4.78, 5) is 24.4. The first-order valence-electron chi connectivity index (χ1n) is 8.85. The van der Waals surface area contributed by atoms with Crippen LogP contribution in [0.2, 0.25) is 0 Å². The topological polar surface area (TPSA) is 99.4 Å². The molecule has 1 aliphatic rings. The lowest BCUT2D eigenvalue weighted by Gasteiger charge is -2.08. The third-order valence-electron chi connectivity index (χ3n) is 4.38. The van der Waals surface area contributed by atoms with Gasteiger partial charge in [0.05, 0.1) is 6.54 Å². The van der Waals surface area contributed by atoms with Crippen LogP contribution in [0.3, 0.4) is 0 Å². The minimum atomic E-state index is -0.424. The fourth-order valence-corrected chi connectivity index (χ4v) is 2.91. The highest BCUT2D eigenvalue weighted by molar-refractivity contribution is 5.89. The van der Waals surface area contributed by atoms with Crippen LogP contribution in [0, 0.1) is 5.82 Å². The number of aromatic nitrogens is 3. The van der Waals surface area contributed by atoms with Gasteiger partial charge in [-0.3, -0.25) is 4.57 Å². The number of carbonyl (C=O) groups excluding carboxylic acids is 1. The van der Waals surface area contributed by atoms with E-state index in [2.05, 4.69) is 15.7 Å². The van der Waals surface area contributed by atoms with Crippen molar-refractivity contribution in [3.63, 3.8) is 0 Å². The number of rotatable bonds is 5. The van der Waals surface area contributed by atoms with E-state index in [0.29, 0.717) is 28.6 Å². The summed E-state index contributed by atoms with van der Waals surface area (Å²) < 4.78 is 26.2. The number of urea groups is 1. The summed E-state index contributed by atoms with van der Waals surface area (Å²) in [5.41, 5.74) is 0.848. The summed E-state index contributed by atoms with van der Waals surface area (Å²) in [6.07, 6.45) is 0. The number of benzene rings is 2. The van der Waals surface area contributed by atoms with Crippen molar-refractivity contribution in [2.75, 3.05) is 18.7 Å². The molecule has 2 amide bonds. The zero-order chi connectivity index (χ0) is 20.4. The van der Waals surface area contributed by atoms with Crippen molar-refractivity contribution < 1.29 is 18.7 Å². The third kappa shape index (κ3) is 3.91. The quantitative estimate of drug-likeness (QED) is 0.683. The Labute approximate surface area is 164 Å². The van der Waals surface area contributed by atoms with E-state index in [4.69, 9.17) is 9.47 Å². The molecule has 2 N–H and O–H groups in total. The maximum atomic E-state index is 13.1. The largest absolute Gasteiger partial charge is 0.454 e. The van der Waals surface area contributed by atoms with Gasteiger partial charge in [0, 0.05) is 30.9 Å². The Balaban J connectivity index is 1.35. The number of halogens is 1. The molecule has 0 saturated carbocycles. The van der Waals surface area contributed by atoms with Crippen LogP contribution >= 0.6 is 0 Å². The molecule has 0 bridgehead atoms. The first kappa shape index (κ1) is 18.5. The third-order valence-corrected chi connectivity index (χ3v) is 4.38. The number of anilines is 1. The highest BCUT2D eigenvalue weighted by atomic mass is 19.1. The molecule has 0 saturated heterocycles. The first-order valence-corrected chi connectivity index (χ1v) is 8.85. The molecule has 150 valence electrons. The normalized spacial score (nSPS) is 12.1. The molecule has 0 aliphatic carbocycles. The van der Waals surface area contributed by atoms with Crippen LogP contribution in [0.5, 0.6) is 11.5 Å². The number of amides is 2. The van der Waals surface area contributed by atoms with E-state index in [0.717, 1.165) is 0 Å². The first-order chi connectivity index (χ1) is 14.0. The number of nitrogens with one attached hydrogen (secondary N) is 2. The SMILES string of the molecule is Cn1c(-c2ccc(F)cc2)nn(CCNC(=O)Nc2ccc3c(c2)OCO3)c1=O. The number of fused-ring (bicyclic) bond motifs is 1. The monoisotopic (exact) mass is 399 g/mol. The van der Waals surface area contributed by atoms with Crippen molar-refractivity contribution >= 4 is 11.7 Å².